The van der Waals surface area contributed by atoms with E-state index in [1.54, 1.807) is 60.6 Å². The van der Waals surface area contributed by atoms with Gasteiger partial charge in [0.1, 0.15) is 22.8 Å². The van der Waals surface area contributed by atoms with Crippen LogP contribution in [0.15, 0.2) is 47.5 Å². The van der Waals surface area contributed by atoms with Gasteiger partial charge in [-0.1, -0.05) is 6.07 Å². The van der Waals surface area contributed by atoms with Gasteiger partial charge in [0, 0.05) is 0 Å². The Bertz CT molecular complexity index is 1110. The summed E-state index contributed by atoms with van der Waals surface area (Å²) in [5, 5.41) is 12.1. The summed E-state index contributed by atoms with van der Waals surface area (Å²) in [5.41, 5.74) is -0.108. The quantitative estimate of drug-likeness (QED) is 0.267. The zero-order valence-electron chi connectivity index (χ0n) is 21.1. The molecule has 0 bridgehead atoms. The van der Waals surface area contributed by atoms with Crippen molar-refractivity contribution in [3.05, 3.63) is 59.2 Å². The standard InChI is InChI=1S/C26H32N2O7/c1-16(28-24(32)35-26(5,6)7)27-19-11-8-17(9-12-19)22(30)33-20-13-10-18(15-29)21(14-20)23(31)34-25(2,3)4/h8-14,29H,15H2,1-7H3,(H,27,28,32). The van der Waals surface area contributed by atoms with E-state index in [9.17, 15) is 19.5 Å². The molecule has 0 aliphatic heterocycles. The first-order chi connectivity index (χ1) is 16.2. The van der Waals surface area contributed by atoms with Gasteiger partial charge in [0.25, 0.3) is 0 Å². The Balaban J connectivity index is 2.10. The number of amidine groups is 1. The number of benzene rings is 2. The van der Waals surface area contributed by atoms with Gasteiger partial charge in [0.2, 0.25) is 0 Å². The van der Waals surface area contributed by atoms with Crippen LogP contribution < -0.4 is 10.1 Å². The second-order valence-corrected chi connectivity index (χ2v) is 9.74. The Morgan fingerprint density at radius 2 is 1.49 bits per heavy atom. The molecule has 9 nitrogen and oxygen atoms in total. The predicted molar refractivity (Wildman–Crippen MR) is 131 cm³/mol. The molecule has 0 saturated heterocycles. The normalized spacial score (nSPS) is 12.1. The number of nitrogens with one attached hydrogen (secondary N) is 1. The number of rotatable bonds is 5. The first kappa shape index (κ1) is 27.5. The smallest absolute Gasteiger partial charge is 0.413 e. The lowest BCUT2D eigenvalue weighted by Crippen LogP contribution is -2.35. The molecule has 0 heterocycles. The summed E-state index contributed by atoms with van der Waals surface area (Å²) in [4.78, 5) is 41.2. The number of ether oxygens (including phenoxy) is 3. The van der Waals surface area contributed by atoms with E-state index in [0.29, 0.717) is 17.1 Å². The molecule has 188 valence electrons. The van der Waals surface area contributed by atoms with Gasteiger partial charge in [-0.2, -0.15) is 0 Å². The highest BCUT2D eigenvalue weighted by atomic mass is 16.6. The number of hydrogen-bond acceptors (Lipinski definition) is 8. The zero-order valence-corrected chi connectivity index (χ0v) is 21.1. The third-order valence-electron chi connectivity index (χ3n) is 4.16. The maximum Gasteiger partial charge on any atom is 0.413 e. The molecule has 2 rings (SSSR count). The van der Waals surface area contributed by atoms with Crippen molar-refractivity contribution in [3.63, 3.8) is 0 Å². The van der Waals surface area contributed by atoms with E-state index in [1.807, 2.05) is 0 Å². The maximum atomic E-state index is 12.6. The predicted octanol–water partition coefficient (Wildman–Crippen LogP) is 4.93. The van der Waals surface area contributed by atoms with Gasteiger partial charge in [-0.15, -0.1) is 0 Å². The summed E-state index contributed by atoms with van der Waals surface area (Å²) in [7, 11) is 0. The van der Waals surface area contributed by atoms with Gasteiger partial charge < -0.3 is 19.3 Å². The monoisotopic (exact) mass is 484 g/mol. The first-order valence-corrected chi connectivity index (χ1v) is 11.0. The molecule has 2 aromatic carbocycles. The van der Waals surface area contributed by atoms with E-state index in [1.165, 1.54) is 30.3 Å². The maximum absolute atomic E-state index is 12.6. The van der Waals surface area contributed by atoms with E-state index >= 15 is 0 Å². The molecule has 0 unspecified atom stereocenters. The fourth-order valence-electron chi connectivity index (χ4n) is 2.79. The van der Waals surface area contributed by atoms with Crippen molar-refractivity contribution in [3.8, 4) is 5.75 Å². The van der Waals surface area contributed by atoms with Crippen LogP contribution in [0.1, 0.15) is 74.7 Å². The van der Waals surface area contributed by atoms with E-state index in [0.717, 1.165) is 0 Å². The second-order valence-electron chi connectivity index (χ2n) is 9.74. The van der Waals surface area contributed by atoms with Crippen LogP contribution in [0.3, 0.4) is 0 Å². The van der Waals surface area contributed by atoms with Gasteiger partial charge in [0.05, 0.1) is 23.4 Å². The van der Waals surface area contributed by atoms with Crippen LogP contribution in [0, 0.1) is 0 Å². The minimum Gasteiger partial charge on any atom is -0.456 e. The van der Waals surface area contributed by atoms with Crippen molar-refractivity contribution in [2.75, 3.05) is 0 Å². The molecular formula is C26H32N2O7. The zero-order chi connectivity index (χ0) is 26.4. The number of carbonyl (C=O) groups is 3. The molecule has 0 radical (unpaired) electrons. The van der Waals surface area contributed by atoms with Crippen LogP contribution in [-0.4, -0.2) is 40.2 Å². The van der Waals surface area contributed by atoms with Crippen molar-refractivity contribution in [1.29, 1.82) is 0 Å². The number of hydrogen-bond donors (Lipinski definition) is 2. The lowest BCUT2D eigenvalue weighted by molar-refractivity contribution is 0.00653. The van der Waals surface area contributed by atoms with Crippen LogP contribution >= 0.6 is 0 Å². The fourth-order valence-corrected chi connectivity index (χ4v) is 2.79. The highest BCUT2D eigenvalue weighted by molar-refractivity contribution is 5.96. The van der Waals surface area contributed by atoms with Crippen LogP contribution in [0.5, 0.6) is 5.75 Å². The van der Waals surface area contributed by atoms with Gasteiger partial charge in [0.15, 0.2) is 0 Å². The number of alkyl carbamates (subject to hydrolysis) is 1. The number of aliphatic hydroxyl groups is 1. The van der Waals surface area contributed by atoms with E-state index < -0.39 is 29.2 Å². The number of aliphatic imine (C=N–C) groups is 1. The average molecular weight is 485 g/mol. The lowest BCUT2D eigenvalue weighted by Gasteiger charge is -2.20. The highest BCUT2D eigenvalue weighted by Gasteiger charge is 2.21. The molecular weight excluding hydrogens is 452 g/mol. The van der Waals surface area contributed by atoms with Crippen LogP contribution in [0.25, 0.3) is 0 Å². The van der Waals surface area contributed by atoms with Crippen molar-refractivity contribution >= 4 is 29.6 Å². The van der Waals surface area contributed by atoms with Crippen LogP contribution in [-0.2, 0) is 16.1 Å². The molecule has 9 heteroatoms. The molecule has 1 amide bonds. The van der Waals surface area contributed by atoms with Crippen molar-refractivity contribution in [1.82, 2.24) is 5.32 Å². The van der Waals surface area contributed by atoms with E-state index in [-0.39, 0.29) is 23.5 Å². The van der Waals surface area contributed by atoms with Gasteiger partial charge in [-0.25, -0.2) is 19.4 Å². The SMILES string of the molecule is CC(=Nc1ccc(C(=O)Oc2ccc(CO)c(C(=O)OC(C)(C)C)c2)cc1)NC(=O)OC(C)(C)C. The molecule has 35 heavy (non-hydrogen) atoms. The summed E-state index contributed by atoms with van der Waals surface area (Å²) in [6.07, 6.45) is -0.614. The molecule has 0 fully saturated rings. The van der Waals surface area contributed by atoms with E-state index in [4.69, 9.17) is 14.2 Å². The number of aliphatic hydroxyl groups excluding tert-OH is 1. The Kier molecular flexibility index (Phi) is 8.76. The molecule has 0 saturated carbocycles. The topological polar surface area (TPSA) is 124 Å². The fraction of sp³-hybridized carbons (Fsp3) is 0.385. The molecule has 0 aliphatic carbocycles. The number of nitrogens with zero attached hydrogens (tertiary/aromatic N) is 1. The number of carbonyl (C=O) groups excluding carboxylic acids is 3. The summed E-state index contributed by atoms with van der Waals surface area (Å²) in [6, 6.07) is 10.6. The van der Waals surface area contributed by atoms with Gasteiger partial charge in [-0.05, 0) is 90.4 Å². The molecule has 0 spiro atoms. The Labute approximate surface area is 205 Å². The van der Waals surface area contributed by atoms with Gasteiger partial charge >= 0.3 is 18.0 Å². The second kappa shape index (κ2) is 11.1. The highest BCUT2D eigenvalue weighted by Crippen LogP contribution is 2.23. The summed E-state index contributed by atoms with van der Waals surface area (Å²) in [6.45, 7) is 11.7. The number of esters is 2. The lowest BCUT2D eigenvalue weighted by atomic mass is 10.1. The Hall–Kier alpha value is -3.72. The van der Waals surface area contributed by atoms with Gasteiger partial charge in [-0.3, -0.25) is 5.32 Å². The Morgan fingerprint density at radius 3 is 2.03 bits per heavy atom. The van der Waals surface area contributed by atoms with Crippen molar-refractivity contribution in [2.45, 2.75) is 66.3 Å². The molecule has 2 N–H and O–H groups in total. The minimum absolute atomic E-state index is 0.116. The third-order valence-corrected chi connectivity index (χ3v) is 4.16. The first-order valence-electron chi connectivity index (χ1n) is 11.0. The average Bonchev–Trinajstić information content (AvgIpc) is 2.71. The number of amides is 1. The minimum atomic E-state index is -0.721. The van der Waals surface area contributed by atoms with E-state index in [2.05, 4.69) is 10.3 Å². The van der Waals surface area contributed by atoms with Crippen molar-refractivity contribution in [2.24, 2.45) is 4.99 Å². The molecule has 0 aromatic heterocycles. The largest absolute Gasteiger partial charge is 0.456 e. The Morgan fingerprint density at radius 1 is 0.886 bits per heavy atom. The van der Waals surface area contributed by atoms with Crippen LogP contribution in [0.4, 0.5) is 10.5 Å². The molecule has 2 aromatic rings. The molecule has 0 atom stereocenters. The van der Waals surface area contributed by atoms with Crippen molar-refractivity contribution < 1.29 is 33.7 Å². The summed E-state index contributed by atoms with van der Waals surface area (Å²) < 4.78 is 15.9. The molecule has 0 aliphatic rings. The summed E-state index contributed by atoms with van der Waals surface area (Å²) in [5.74, 6) is -0.811. The summed E-state index contributed by atoms with van der Waals surface area (Å²) >= 11 is 0. The third kappa shape index (κ3) is 9.21. The van der Waals surface area contributed by atoms with Crippen LogP contribution in [0.2, 0.25) is 0 Å².